The van der Waals surface area contributed by atoms with Gasteiger partial charge in [-0.2, -0.15) is 0 Å². The van der Waals surface area contributed by atoms with Gasteiger partial charge in [0.15, 0.2) is 0 Å². The third-order valence-electron chi connectivity index (χ3n) is 4.58. The van der Waals surface area contributed by atoms with Crippen molar-refractivity contribution in [3.8, 4) is 0 Å². The highest BCUT2D eigenvalue weighted by Crippen LogP contribution is 2.24. The van der Waals surface area contributed by atoms with Crippen LogP contribution in [0.25, 0.3) is 0 Å². The number of piperidine rings is 1. The average Bonchev–Trinajstić information content (AvgIpc) is 2.55. The van der Waals surface area contributed by atoms with Crippen LogP contribution in [-0.4, -0.2) is 56.0 Å². The third kappa shape index (κ3) is 6.67. The average molecular weight is 361 g/mol. The molecule has 1 heterocycles. The van der Waals surface area contributed by atoms with E-state index in [9.17, 15) is 9.59 Å². The van der Waals surface area contributed by atoms with Crippen LogP contribution >= 0.6 is 0 Å². The Hall–Kier alpha value is -2.08. The molecule has 2 amide bonds. The number of benzene rings is 1. The van der Waals surface area contributed by atoms with Gasteiger partial charge in [-0.1, -0.05) is 6.92 Å². The largest absolute Gasteiger partial charge is 0.372 e. The van der Waals surface area contributed by atoms with Crippen molar-refractivity contribution in [3.05, 3.63) is 24.3 Å². The van der Waals surface area contributed by atoms with Crippen molar-refractivity contribution in [1.82, 2.24) is 10.2 Å². The molecule has 0 aliphatic carbocycles. The smallest absolute Gasteiger partial charge is 0.238 e. The maximum absolute atomic E-state index is 12.2. The molecule has 2 N–H and O–H groups in total. The zero-order chi connectivity index (χ0) is 19.1. The minimum Gasteiger partial charge on any atom is -0.372 e. The van der Waals surface area contributed by atoms with E-state index in [4.69, 9.17) is 0 Å². The summed E-state index contributed by atoms with van der Waals surface area (Å²) in [6.07, 6.45) is 2.46. The standard InChI is InChI=1S/C20H32N4O2/c1-15(2)21-19(25)13-23(4)14-20(26)22-17-5-7-18(8-6-17)24-11-9-16(3)10-12-24/h5-8,15-16H,9-14H2,1-4H3,(H,21,25)(H,22,26). The second kappa shape index (κ2) is 9.57. The Labute approximate surface area is 156 Å². The molecule has 1 aromatic rings. The van der Waals surface area contributed by atoms with Gasteiger partial charge < -0.3 is 15.5 Å². The second-order valence-electron chi connectivity index (χ2n) is 7.66. The molecule has 0 saturated carbocycles. The van der Waals surface area contributed by atoms with E-state index in [0.29, 0.717) is 0 Å². The summed E-state index contributed by atoms with van der Waals surface area (Å²) in [7, 11) is 1.76. The molecule has 0 radical (unpaired) electrons. The SMILES string of the molecule is CC1CCN(c2ccc(NC(=O)CN(C)CC(=O)NC(C)C)cc2)CC1. The molecule has 1 aliphatic rings. The summed E-state index contributed by atoms with van der Waals surface area (Å²) >= 11 is 0. The lowest BCUT2D eigenvalue weighted by Crippen LogP contribution is -2.41. The van der Waals surface area contributed by atoms with E-state index >= 15 is 0 Å². The number of hydrogen-bond acceptors (Lipinski definition) is 4. The molecule has 1 aromatic carbocycles. The van der Waals surface area contributed by atoms with Crippen LogP contribution in [0.2, 0.25) is 0 Å². The first-order valence-electron chi connectivity index (χ1n) is 9.46. The van der Waals surface area contributed by atoms with Crippen molar-refractivity contribution >= 4 is 23.2 Å². The van der Waals surface area contributed by atoms with Crippen molar-refractivity contribution in [2.24, 2.45) is 5.92 Å². The van der Waals surface area contributed by atoms with E-state index in [1.165, 1.54) is 18.5 Å². The van der Waals surface area contributed by atoms with Crippen molar-refractivity contribution in [2.75, 3.05) is 43.4 Å². The second-order valence-corrected chi connectivity index (χ2v) is 7.66. The molecule has 1 saturated heterocycles. The predicted molar refractivity (Wildman–Crippen MR) is 106 cm³/mol. The van der Waals surface area contributed by atoms with Gasteiger partial charge in [0.1, 0.15) is 0 Å². The number of likely N-dealkylation sites (N-methyl/N-ethyl adjacent to an activating group) is 1. The molecular weight excluding hydrogens is 328 g/mol. The Morgan fingerprint density at radius 3 is 2.27 bits per heavy atom. The molecule has 0 atom stereocenters. The number of nitrogens with zero attached hydrogens (tertiary/aromatic N) is 2. The molecule has 1 aliphatic heterocycles. The van der Waals surface area contributed by atoms with Crippen LogP contribution in [0, 0.1) is 5.92 Å². The summed E-state index contributed by atoms with van der Waals surface area (Å²) in [4.78, 5) is 28.0. The van der Waals surface area contributed by atoms with Crippen molar-refractivity contribution < 1.29 is 9.59 Å². The number of nitrogens with one attached hydrogen (secondary N) is 2. The van der Waals surface area contributed by atoms with E-state index in [-0.39, 0.29) is 30.9 Å². The quantitative estimate of drug-likeness (QED) is 0.783. The Morgan fingerprint density at radius 2 is 1.69 bits per heavy atom. The number of carbonyl (C=O) groups is 2. The van der Waals surface area contributed by atoms with E-state index < -0.39 is 0 Å². The van der Waals surface area contributed by atoms with Crippen LogP contribution in [-0.2, 0) is 9.59 Å². The van der Waals surface area contributed by atoms with E-state index in [0.717, 1.165) is 24.7 Å². The molecule has 0 bridgehead atoms. The highest BCUT2D eigenvalue weighted by molar-refractivity contribution is 5.92. The van der Waals surface area contributed by atoms with Gasteiger partial charge in [-0.3, -0.25) is 14.5 Å². The van der Waals surface area contributed by atoms with E-state index in [2.05, 4.69) is 34.6 Å². The molecule has 26 heavy (non-hydrogen) atoms. The Bertz CT molecular complexity index is 592. The fraction of sp³-hybridized carbons (Fsp3) is 0.600. The van der Waals surface area contributed by atoms with Gasteiger partial charge in [0.2, 0.25) is 11.8 Å². The van der Waals surface area contributed by atoms with Gasteiger partial charge in [0.25, 0.3) is 0 Å². The van der Waals surface area contributed by atoms with Crippen LogP contribution in [0.1, 0.15) is 33.6 Å². The molecule has 6 nitrogen and oxygen atoms in total. The van der Waals surface area contributed by atoms with Crippen LogP contribution < -0.4 is 15.5 Å². The summed E-state index contributed by atoms with van der Waals surface area (Å²) < 4.78 is 0. The lowest BCUT2D eigenvalue weighted by atomic mass is 9.99. The van der Waals surface area contributed by atoms with Crippen LogP contribution in [0.3, 0.4) is 0 Å². The molecule has 2 rings (SSSR count). The molecule has 0 unspecified atom stereocenters. The summed E-state index contributed by atoms with van der Waals surface area (Å²) in [5, 5.41) is 5.71. The fourth-order valence-corrected chi connectivity index (χ4v) is 3.14. The monoisotopic (exact) mass is 360 g/mol. The van der Waals surface area contributed by atoms with Crippen molar-refractivity contribution in [1.29, 1.82) is 0 Å². The van der Waals surface area contributed by atoms with Gasteiger partial charge in [-0.05, 0) is 63.9 Å². The molecular formula is C20H32N4O2. The molecule has 144 valence electrons. The first kappa shape index (κ1) is 20.2. The number of amides is 2. The maximum atomic E-state index is 12.2. The maximum Gasteiger partial charge on any atom is 0.238 e. The molecule has 0 aromatic heterocycles. The number of rotatable bonds is 7. The molecule has 0 spiro atoms. The van der Waals surface area contributed by atoms with Crippen molar-refractivity contribution in [3.63, 3.8) is 0 Å². The predicted octanol–water partition coefficient (Wildman–Crippen LogP) is 2.32. The fourth-order valence-electron chi connectivity index (χ4n) is 3.14. The minimum absolute atomic E-state index is 0.0736. The number of hydrogen-bond donors (Lipinski definition) is 2. The summed E-state index contributed by atoms with van der Waals surface area (Å²) in [6, 6.07) is 8.11. The third-order valence-corrected chi connectivity index (χ3v) is 4.58. The zero-order valence-electron chi connectivity index (χ0n) is 16.4. The minimum atomic E-state index is -0.121. The topological polar surface area (TPSA) is 64.7 Å². The van der Waals surface area contributed by atoms with E-state index in [1.807, 2.05) is 26.0 Å². The Morgan fingerprint density at radius 1 is 1.12 bits per heavy atom. The molecule has 6 heteroatoms. The van der Waals surface area contributed by atoms with Crippen LogP contribution in [0.15, 0.2) is 24.3 Å². The lowest BCUT2D eigenvalue weighted by Gasteiger charge is -2.32. The zero-order valence-corrected chi connectivity index (χ0v) is 16.4. The highest BCUT2D eigenvalue weighted by atomic mass is 16.2. The summed E-state index contributed by atoms with van der Waals surface area (Å²) in [6.45, 7) is 8.71. The van der Waals surface area contributed by atoms with E-state index in [1.54, 1.807) is 11.9 Å². The van der Waals surface area contributed by atoms with Gasteiger partial charge in [-0.25, -0.2) is 0 Å². The van der Waals surface area contributed by atoms with Gasteiger partial charge >= 0.3 is 0 Å². The van der Waals surface area contributed by atoms with Crippen LogP contribution in [0.5, 0.6) is 0 Å². The Balaban J connectivity index is 1.79. The normalized spacial score (nSPS) is 15.4. The first-order valence-corrected chi connectivity index (χ1v) is 9.46. The first-order chi connectivity index (χ1) is 12.3. The van der Waals surface area contributed by atoms with Crippen molar-refractivity contribution in [2.45, 2.75) is 39.7 Å². The van der Waals surface area contributed by atoms with Crippen LogP contribution in [0.4, 0.5) is 11.4 Å². The number of anilines is 2. The number of carbonyl (C=O) groups excluding carboxylic acids is 2. The summed E-state index contributed by atoms with van der Waals surface area (Å²) in [5.74, 6) is 0.615. The lowest BCUT2D eigenvalue weighted by molar-refractivity contribution is -0.123. The Kier molecular flexibility index (Phi) is 7.45. The van der Waals surface area contributed by atoms with Gasteiger partial charge in [0.05, 0.1) is 13.1 Å². The van der Waals surface area contributed by atoms with Gasteiger partial charge in [0, 0.05) is 30.5 Å². The summed E-state index contributed by atoms with van der Waals surface area (Å²) in [5.41, 5.74) is 1.99. The molecule has 1 fully saturated rings. The van der Waals surface area contributed by atoms with Gasteiger partial charge in [-0.15, -0.1) is 0 Å². The highest BCUT2D eigenvalue weighted by Gasteiger charge is 2.16.